The maximum atomic E-state index is 12.4. The van der Waals surface area contributed by atoms with Crippen molar-refractivity contribution in [1.82, 2.24) is 14.9 Å². The number of rotatable bonds is 10. The number of methoxy groups -OCH3 is 1. The number of carbonyl (C=O) groups is 1. The number of imidazole rings is 1. The summed E-state index contributed by atoms with van der Waals surface area (Å²) in [5, 5.41) is 3.01. The summed E-state index contributed by atoms with van der Waals surface area (Å²) in [6, 6.07) is 25.4. The topological polar surface area (TPSA) is 65.4 Å². The molecule has 1 aromatic heterocycles. The summed E-state index contributed by atoms with van der Waals surface area (Å²) in [6.45, 7) is 1.75. The van der Waals surface area contributed by atoms with E-state index in [1.165, 1.54) is 0 Å². The van der Waals surface area contributed by atoms with E-state index in [4.69, 9.17) is 14.5 Å². The predicted octanol–water partition coefficient (Wildman–Crippen LogP) is 4.03. The first-order chi connectivity index (χ1) is 15.7. The zero-order chi connectivity index (χ0) is 22.2. The van der Waals surface area contributed by atoms with Crippen molar-refractivity contribution in [3.8, 4) is 11.5 Å². The van der Waals surface area contributed by atoms with E-state index >= 15 is 0 Å². The maximum absolute atomic E-state index is 12.4. The molecule has 4 aromatic rings. The number of para-hydroxylation sites is 3. The Labute approximate surface area is 187 Å². The molecule has 6 nitrogen and oxygen atoms in total. The molecule has 0 spiro atoms. The van der Waals surface area contributed by atoms with Gasteiger partial charge in [0.25, 0.3) is 0 Å². The summed E-state index contributed by atoms with van der Waals surface area (Å²) in [7, 11) is 1.63. The first-order valence-electron chi connectivity index (χ1n) is 10.7. The zero-order valence-electron chi connectivity index (χ0n) is 18.2. The monoisotopic (exact) mass is 429 g/mol. The molecule has 0 aliphatic rings. The number of hydrogen-bond acceptors (Lipinski definition) is 4. The number of carbonyl (C=O) groups excluding carboxylic acids is 1. The molecule has 1 N–H and O–H groups in total. The Morgan fingerprint density at radius 3 is 2.47 bits per heavy atom. The van der Waals surface area contributed by atoms with Gasteiger partial charge in [-0.3, -0.25) is 4.79 Å². The highest BCUT2D eigenvalue weighted by Gasteiger charge is 2.11. The van der Waals surface area contributed by atoms with Gasteiger partial charge in [-0.25, -0.2) is 4.98 Å². The second kappa shape index (κ2) is 10.5. The van der Waals surface area contributed by atoms with Gasteiger partial charge in [0.2, 0.25) is 5.91 Å². The average molecular weight is 430 g/mol. The van der Waals surface area contributed by atoms with Crippen molar-refractivity contribution in [2.45, 2.75) is 19.4 Å². The van der Waals surface area contributed by atoms with E-state index in [1.54, 1.807) is 7.11 Å². The minimum absolute atomic E-state index is 0.00904. The maximum Gasteiger partial charge on any atom is 0.224 e. The Kier molecular flexibility index (Phi) is 7.02. The molecule has 32 heavy (non-hydrogen) atoms. The van der Waals surface area contributed by atoms with E-state index in [0.29, 0.717) is 32.5 Å². The number of fused-ring (bicyclic) bond motifs is 1. The third-order valence-electron chi connectivity index (χ3n) is 5.25. The van der Waals surface area contributed by atoms with E-state index in [-0.39, 0.29) is 5.91 Å². The van der Waals surface area contributed by atoms with E-state index in [2.05, 4.69) is 16.0 Å². The van der Waals surface area contributed by atoms with Crippen LogP contribution in [0.4, 0.5) is 0 Å². The van der Waals surface area contributed by atoms with Gasteiger partial charge in [0, 0.05) is 13.0 Å². The molecule has 0 aliphatic heterocycles. The van der Waals surface area contributed by atoms with Gasteiger partial charge >= 0.3 is 0 Å². The molecular weight excluding hydrogens is 402 g/mol. The van der Waals surface area contributed by atoms with Gasteiger partial charge < -0.3 is 19.4 Å². The van der Waals surface area contributed by atoms with Gasteiger partial charge in [-0.1, -0.05) is 42.5 Å². The number of nitrogens with one attached hydrogen (secondary N) is 1. The fourth-order valence-corrected chi connectivity index (χ4v) is 3.64. The number of benzene rings is 3. The van der Waals surface area contributed by atoms with Crippen molar-refractivity contribution >= 4 is 16.9 Å². The molecule has 4 rings (SSSR count). The lowest BCUT2D eigenvalue weighted by Gasteiger charge is -2.11. The quantitative estimate of drug-likeness (QED) is 0.413. The zero-order valence-corrected chi connectivity index (χ0v) is 18.2. The molecule has 0 bridgehead atoms. The van der Waals surface area contributed by atoms with Crippen LogP contribution in [-0.2, 0) is 24.2 Å². The van der Waals surface area contributed by atoms with Crippen molar-refractivity contribution in [3.05, 3.63) is 90.3 Å². The van der Waals surface area contributed by atoms with E-state index < -0.39 is 0 Å². The minimum atomic E-state index is -0.00904. The predicted molar refractivity (Wildman–Crippen MR) is 125 cm³/mol. The third-order valence-corrected chi connectivity index (χ3v) is 5.25. The summed E-state index contributed by atoms with van der Waals surface area (Å²) < 4.78 is 13.2. The Bertz CT molecular complexity index is 1150. The fourth-order valence-electron chi connectivity index (χ4n) is 3.64. The molecule has 0 aliphatic carbocycles. The minimum Gasteiger partial charge on any atom is -0.497 e. The average Bonchev–Trinajstić information content (AvgIpc) is 3.18. The number of hydrogen-bond donors (Lipinski definition) is 1. The number of aromatic nitrogens is 2. The second-order valence-corrected chi connectivity index (χ2v) is 7.45. The Balaban J connectivity index is 1.35. The molecule has 3 aromatic carbocycles. The highest BCUT2D eigenvalue weighted by atomic mass is 16.5. The first kappa shape index (κ1) is 21.4. The van der Waals surface area contributed by atoms with Gasteiger partial charge in [0.1, 0.15) is 23.9 Å². The summed E-state index contributed by atoms with van der Waals surface area (Å²) in [5.41, 5.74) is 2.98. The van der Waals surface area contributed by atoms with Crippen LogP contribution < -0.4 is 14.8 Å². The third kappa shape index (κ3) is 5.46. The molecule has 0 atom stereocenters. The van der Waals surface area contributed by atoms with Crippen molar-refractivity contribution in [2.75, 3.05) is 20.3 Å². The van der Waals surface area contributed by atoms with Crippen molar-refractivity contribution in [1.29, 1.82) is 0 Å². The van der Waals surface area contributed by atoms with Crippen LogP contribution in [0, 0.1) is 0 Å². The van der Waals surface area contributed by atoms with Crippen LogP contribution in [0.2, 0.25) is 0 Å². The standard InChI is InChI=1S/C26H27N3O3/c1-31-21-13-11-20(12-14-21)19-26(30)27-16-15-25-28-23-9-5-6-10-24(23)29(25)17-18-32-22-7-3-2-4-8-22/h2-14H,15-19H2,1H3,(H,27,30). The van der Waals surface area contributed by atoms with Crippen LogP contribution >= 0.6 is 0 Å². The van der Waals surface area contributed by atoms with Gasteiger partial charge in [0.15, 0.2) is 0 Å². The SMILES string of the molecule is COc1ccc(CC(=O)NCCc2nc3ccccc3n2CCOc2ccccc2)cc1. The lowest BCUT2D eigenvalue weighted by Crippen LogP contribution is -2.28. The van der Waals surface area contributed by atoms with Crippen LogP contribution in [0.1, 0.15) is 11.4 Å². The summed E-state index contributed by atoms with van der Waals surface area (Å²) in [4.78, 5) is 17.1. The second-order valence-electron chi connectivity index (χ2n) is 7.45. The molecular formula is C26H27N3O3. The van der Waals surface area contributed by atoms with Crippen molar-refractivity contribution < 1.29 is 14.3 Å². The summed E-state index contributed by atoms with van der Waals surface area (Å²) in [6.07, 6.45) is 0.986. The summed E-state index contributed by atoms with van der Waals surface area (Å²) >= 11 is 0. The van der Waals surface area contributed by atoms with E-state index in [0.717, 1.165) is 33.9 Å². The van der Waals surface area contributed by atoms with Gasteiger partial charge in [0.05, 0.1) is 31.1 Å². The molecule has 0 radical (unpaired) electrons. The number of nitrogens with zero attached hydrogens (tertiary/aromatic N) is 2. The number of amides is 1. The lowest BCUT2D eigenvalue weighted by molar-refractivity contribution is -0.120. The highest BCUT2D eigenvalue weighted by molar-refractivity contribution is 5.78. The molecule has 0 saturated carbocycles. The van der Waals surface area contributed by atoms with Gasteiger partial charge in [-0.2, -0.15) is 0 Å². The van der Waals surface area contributed by atoms with Crippen LogP contribution in [0.3, 0.4) is 0 Å². The Hall–Kier alpha value is -3.80. The molecule has 164 valence electrons. The van der Waals surface area contributed by atoms with Crippen molar-refractivity contribution in [2.24, 2.45) is 0 Å². The molecule has 6 heteroatoms. The van der Waals surface area contributed by atoms with E-state index in [1.807, 2.05) is 72.8 Å². The van der Waals surface area contributed by atoms with Crippen LogP contribution in [0.5, 0.6) is 11.5 Å². The van der Waals surface area contributed by atoms with Crippen molar-refractivity contribution in [3.63, 3.8) is 0 Å². The lowest BCUT2D eigenvalue weighted by atomic mass is 10.1. The van der Waals surface area contributed by atoms with Gasteiger partial charge in [-0.05, 0) is 42.0 Å². The number of ether oxygens (including phenoxy) is 2. The van der Waals surface area contributed by atoms with E-state index in [9.17, 15) is 4.79 Å². The fraction of sp³-hybridized carbons (Fsp3) is 0.231. The normalized spacial score (nSPS) is 10.8. The first-order valence-corrected chi connectivity index (χ1v) is 10.7. The Morgan fingerprint density at radius 2 is 1.69 bits per heavy atom. The Morgan fingerprint density at radius 1 is 0.938 bits per heavy atom. The molecule has 1 amide bonds. The molecule has 1 heterocycles. The summed E-state index contributed by atoms with van der Waals surface area (Å²) in [5.74, 6) is 2.56. The molecule has 0 fully saturated rings. The van der Waals surface area contributed by atoms with Crippen LogP contribution in [-0.4, -0.2) is 35.7 Å². The molecule has 0 unspecified atom stereocenters. The molecule has 0 saturated heterocycles. The largest absolute Gasteiger partial charge is 0.497 e. The van der Waals surface area contributed by atoms with Crippen LogP contribution in [0.15, 0.2) is 78.9 Å². The smallest absolute Gasteiger partial charge is 0.224 e. The van der Waals surface area contributed by atoms with Crippen LogP contribution in [0.25, 0.3) is 11.0 Å². The highest BCUT2D eigenvalue weighted by Crippen LogP contribution is 2.17. The van der Waals surface area contributed by atoms with Gasteiger partial charge in [-0.15, -0.1) is 0 Å².